The fraction of sp³-hybridized carbons (Fsp3) is 0. The molecule has 0 aliphatic heterocycles. The van der Waals surface area contributed by atoms with E-state index in [4.69, 9.17) is 11.7 Å². The van der Waals surface area contributed by atoms with E-state index in [2.05, 4.69) is 9.01 Å². The summed E-state index contributed by atoms with van der Waals surface area (Å²) in [6, 6.07) is 0. The molecule has 0 atom stereocenters. The number of hydrogen-bond acceptors (Lipinski definition) is 4. The topological polar surface area (TPSA) is 76.1 Å². The number of nitrogens with two attached hydrogens (primary N) is 2. The molecule has 4 nitrogen and oxygen atoms in total. The first-order chi connectivity index (χ1) is 2.41. The van der Waals surface area contributed by atoms with E-state index in [0.29, 0.717) is 0 Å². The summed E-state index contributed by atoms with van der Waals surface area (Å²) >= 11 is 0.875. The first-order valence-electron chi connectivity index (χ1n) is 0.894. The van der Waals surface area contributed by atoms with E-state index in [1.165, 1.54) is 0 Å². The Morgan fingerprint density at radius 2 is 1.60 bits per heavy atom. The van der Waals surface area contributed by atoms with Crippen molar-refractivity contribution in [2.75, 3.05) is 0 Å². The molecule has 0 aromatic heterocycles. The van der Waals surface area contributed by atoms with E-state index >= 15 is 0 Å². The maximum absolute atomic E-state index is 4.72. The first kappa shape index (κ1) is 5.33. The van der Waals surface area contributed by atoms with Crippen molar-refractivity contribution in [3.05, 3.63) is 0 Å². The van der Waals surface area contributed by atoms with Crippen molar-refractivity contribution in [2.24, 2.45) is 11.7 Å². The van der Waals surface area contributed by atoms with Crippen LogP contribution >= 0.6 is 0 Å². The van der Waals surface area contributed by atoms with E-state index in [9.17, 15) is 0 Å². The van der Waals surface area contributed by atoms with E-state index in [-0.39, 0.29) is 0 Å². The Kier molecular flexibility index (Phi) is 4.62. The molecule has 0 heterocycles. The van der Waals surface area contributed by atoms with Gasteiger partial charge < -0.3 is 0 Å². The summed E-state index contributed by atoms with van der Waals surface area (Å²) in [5, 5.41) is 0. The SMILES string of the molecule is N[NH][Ni][NH]N. The molecule has 0 aromatic carbocycles. The van der Waals surface area contributed by atoms with Crippen LogP contribution in [0.2, 0.25) is 0 Å². The van der Waals surface area contributed by atoms with Gasteiger partial charge in [-0.3, -0.25) is 0 Å². The molecule has 0 rings (SSSR count). The molecule has 0 amide bonds. The molecule has 0 radical (unpaired) electrons. The monoisotopic (exact) mass is 120 g/mol. The molecule has 5 heteroatoms. The van der Waals surface area contributed by atoms with Crippen LogP contribution in [0.5, 0.6) is 0 Å². The zero-order chi connectivity index (χ0) is 4.12. The van der Waals surface area contributed by atoms with Crippen molar-refractivity contribution >= 4 is 0 Å². The minimum atomic E-state index is 0.875. The number of nitrogens with one attached hydrogen (secondary N) is 2. The molecular formula is H6N4Ni. The average molecular weight is 121 g/mol. The molecule has 36 valence electrons. The zero-order valence-corrected chi connectivity index (χ0v) is 3.46. The summed E-state index contributed by atoms with van der Waals surface area (Å²) in [5.74, 6) is 9.44. The van der Waals surface area contributed by atoms with Gasteiger partial charge in [0.05, 0.1) is 0 Å². The molecule has 0 spiro atoms. The Labute approximate surface area is 36.4 Å². The van der Waals surface area contributed by atoms with Gasteiger partial charge in [-0.1, -0.05) is 0 Å². The van der Waals surface area contributed by atoms with Crippen molar-refractivity contribution in [1.29, 1.82) is 0 Å². The fourth-order valence-corrected chi connectivity index (χ4v) is 0.109. The van der Waals surface area contributed by atoms with E-state index in [0.717, 1.165) is 14.9 Å². The molecule has 0 saturated heterocycles. The van der Waals surface area contributed by atoms with Gasteiger partial charge in [0.25, 0.3) is 0 Å². The molecule has 6 N–H and O–H groups in total. The average Bonchev–Trinajstić information content (AvgIpc) is 1.41. The van der Waals surface area contributed by atoms with Crippen molar-refractivity contribution in [1.82, 2.24) is 9.01 Å². The van der Waals surface area contributed by atoms with Gasteiger partial charge in [-0.25, -0.2) is 0 Å². The van der Waals surface area contributed by atoms with Crippen LogP contribution in [-0.2, 0) is 14.9 Å². The summed E-state index contributed by atoms with van der Waals surface area (Å²) in [6.07, 6.45) is 0. The van der Waals surface area contributed by atoms with Crippen molar-refractivity contribution in [3.8, 4) is 0 Å². The Balaban J connectivity index is 2.19. The van der Waals surface area contributed by atoms with Crippen molar-refractivity contribution in [3.63, 3.8) is 0 Å². The summed E-state index contributed by atoms with van der Waals surface area (Å²) in [7, 11) is 0. The fourth-order valence-electron chi connectivity index (χ4n) is 0.0264. The number of rotatable bonds is 2. The zero-order valence-electron chi connectivity index (χ0n) is 2.47. The Hall–Kier alpha value is 0.334. The van der Waals surface area contributed by atoms with Crippen molar-refractivity contribution < 1.29 is 14.9 Å². The molecule has 0 aliphatic rings. The van der Waals surface area contributed by atoms with Gasteiger partial charge in [0, 0.05) is 0 Å². The van der Waals surface area contributed by atoms with Gasteiger partial charge >= 0.3 is 35.6 Å². The van der Waals surface area contributed by atoms with Crippen LogP contribution in [0.4, 0.5) is 0 Å². The quantitative estimate of drug-likeness (QED) is 0.190. The second kappa shape index (κ2) is 4.33. The van der Waals surface area contributed by atoms with Crippen LogP contribution in [0.3, 0.4) is 0 Å². The predicted molar refractivity (Wildman–Crippen MR) is 14.6 cm³/mol. The Morgan fingerprint density at radius 3 is 1.60 bits per heavy atom. The van der Waals surface area contributed by atoms with Gasteiger partial charge in [0.2, 0.25) is 0 Å². The third-order valence-electron chi connectivity index (χ3n) is 0.0913. The van der Waals surface area contributed by atoms with Crippen LogP contribution in [0.15, 0.2) is 0 Å². The summed E-state index contributed by atoms with van der Waals surface area (Å²) in [5.41, 5.74) is 0. The summed E-state index contributed by atoms with van der Waals surface area (Å²) in [6.45, 7) is 0. The van der Waals surface area contributed by atoms with E-state index in [1.807, 2.05) is 0 Å². The van der Waals surface area contributed by atoms with Crippen LogP contribution in [-0.4, -0.2) is 0 Å². The molecule has 0 saturated carbocycles. The van der Waals surface area contributed by atoms with E-state index in [1.54, 1.807) is 0 Å². The van der Waals surface area contributed by atoms with Crippen molar-refractivity contribution in [2.45, 2.75) is 0 Å². The summed E-state index contributed by atoms with van der Waals surface area (Å²) in [4.78, 5) is 0. The predicted octanol–water partition coefficient (Wildman–Crippen LogP) is -2.17. The maximum atomic E-state index is 4.72. The Bertz CT molecular complexity index is 11.1. The normalized spacial score (nSPS) is 9.20. The van der Waals surface area contributed by atoms with Gasteiger partial charge in [-0.2, -0.15) is 0 Å². The van der Waals surface area contributed by atoms with Crippen LogP contribution < -0.4 is 20.7 Å². The molecule has 0 bridgehead atoms. The number of hydrazine groups is 2. The van der Waals surface area contributed by atoms with Crippen LogP contribution in [0.25, 0.3) is 0 Å². The number of hydrogen-bond donors (Lipinski definition) is 4. The van der Waals surface area contributed by atoms with Gasteiger partial charge in [0.1, 0.15) is 0 Å². The standard InChI is InChI=1S/2H3N2.Ni/c2*1-2;/h2*1H,2H2;/q2*-1;+2. The second-order valence-corrected chi connectivity index (χ2v) is 1.08. The molecule has 0 fully saturated rings. The minimum absolute atomic E-state index is 0.875. The third-order valence-corrected chi connectivity index (χ3v) is 0.376. The second-order valence-electron chi connectivity index (χ2n) is 0.262. The van der Waals surface area contributed by atoms with Crippen LogP contribution in [0.1, 0.15) is 0 Å². The van der Waals surface area contributed by atoms with Gasteiger partial charge in [-0.05, 0) is 0 Å². The van der Waals surface area contributed by atoms with Gasteiger partial charge in [0.15, 0.2) is 0 Å². The molecule has 0 aliphatic carbocycles. The molecule has 0 aromatic rings. The molecular weight excluding hydrogens is 115 g/mol. The van der Waals surface area contributed by atoms with E-state index < -0.39 is 0 Å². The molecule has 5 heavy (non-hydrogen) atoms. The summed E-state index contributed by atoms with van der Waals surface area (Å²) < 4.78 is 4.44. The third kappa shape index (κ3) is 4.33. The first-order valence-corrected chi connectivity index (χ1v) is 1.88. The van der Waals surface area contributed by atoms with Crippen LogP contribution in [0, 0.1) is 0 Å². The van der Waals surface area contributed by atoms with Gasteiger partial charge in [-0.15, -0.1) is 0 Å². The Morgan fingerprint density at radius 1 is 1.20 bits per heavy atom. The molecule has 0 unspecified atom stereocenters.